The zero-order valence-corrected chi connectivity index (χ0v) is 11.0. The molecule has 0 spiro atoms. The highest BCUT2D eigenvalue weighted by Crippen LogP contribution is 2.35. The van der Waals surface area contributed by atoms with Gasteiger partial charge in [-0.05, 0) is 24.8 Å². The number of rotatable bonds is 3. The minimum atomic E-state index is 0.175. The van der Waals surface area contributed by atoms with E-state index >= 15 is 0 Å². The van der Waals surface area contributed by atoms with Gasteiger partial charge in [-0.3, -0.25) is 0 Å². The largest absolute Gasteiger partial charge is 0.343 e. The fourth-order valence-electron chi connectivity index (χ4n) is 2.48. The summed E-state index contributed by atoms with van der Waals surface area (Å²) < 4.78 is 0. The SMILES string of the molecule is CN(CCN)c1ncc2c(n1)C(C)(C)CCC2. The van der Waals surface area contributed by atoms with Crippen molar-refractivity contribution in [3.05, 3.63) is 17.5 Å². The molecule has 94 valence electrons. The van der Waals surface area contributed by atoms with Gasteiger partial charge in [0.1, 0.15) is 0 Å². The summed E-state index contributed by atoms with van der Waals surface area (Å²) in [5, 5.41) is 0. The van der Waals surface area contributed by atoms with E-state index in [1.54, 1.807) is 0 Å². The van der Waals surface area contributed by atoms with Crippen LogP contribution in [0.3, 0.4) is 0 Å². The molecule has 1 aromatic heterocycles. The third kappa shape index (κ3) is 2.41. The zero-order chi connectivity index (χ0) is 12.5. The molecule has 17 heavy (non-hydrogen) atoms. The van der Waals surface area contributed by atoms with Gasteiger partial charge in [-0.25, -0.2) is 9.97 Å². The summed E-state index contributed by atoms with van der Waals surface area (Å²) >= 11 is 0. The standard InChI is InChI=1S/C13H22N4/c1-13(2)6-4-5-10-9-15-12(16-11(10)13)17(3)8-7-14/h9H,4-8,14H2,1-3H3. The van der Waals surface area contributed by atoms with Crippen molar-refractivity contribution in [2.75, 3.05) is 25.0 Å². The molecule has 0 aromatic carbocycles. The second-order valence-electron chi connectivity index (χ2n) is 5.49. The quantitative estimate of drug-likeness (QED) is 0.861. The lowest BCUT2D eigenvalue weighted by Crippen LogP contribution is -2.30. The molecule has 2 N–H and O–H groups in total. The maximum Gasteiger partial charge on any atom is 0.225 e. The van der Waals surface area contributed by atoms with Crippen LogP contribution >= 0.6 is 0 Å². The molecule has 0 aliphatic heterocycles. The molecule has 4 heteroatoms. The maximum atomic E-state index is 5.56. The van der Waals surface area contributed by atoms with E-state index < -0.39 is 0 Å². The Labute approximate surface area is 103 Å². The van der Waals surface area contributed by atoms with E-state index in [1.165, 1.54) is 24.1 Å². The normalized spacial score (nSPS) is 17.6. The van der Waals surface area contributed by atoms with Crippen molar-refractivity contribution in [2.24, 2.45) is 5.73 Å². The molecular formula is C13H22N4. The van der Waals surface area contributed by atoms with Crippen molar-refractivity contribution in [1.29, 1.82) is 0 Å². The Kier molecular flexibility index (Phi) is 3.33. The highest BCUT2D eigenvalue weighted by atomic mass is 15.2. The fraction of sp³-hybridized carbons (Fsp3) is 0.692. The van der Waals surface area contributed by atoms with Crippen molar-refractivity contribution < 1.29 is 0 Å². The van der Waals surface area contributed by atoms with Crippen molar-refractivity contribution >= 4 is 5.95 Å². The van der Waals surface area contributed by atoms with E-state index in [0.717, 1.165) is 18.9 Å². The molecule has 0 amide bonds. The van der Waals surface area contributed by atoms with Crippen molar-refractivity contribution in [1.82, 2.24) is 9.97 Å². The third-order valence-corrected chi connectivity index (χ3v) is 3.55. The molecule has 1 heterocycles. The molecule has 0 saturated carbocycles. The maximum absolute atomic E-state index is 5.56. The van der Waals surface area contributed by atoms with Gasteiger partial charge in [-0.2, -0.15) is 0 Å². The Bertz CT molecular complexity index is 400. The first-order valence-electron chi connectivity index (χ1n) is 6.32. The number of aryl methyl sites for hydroxylation is 1. The molecule has 1 aliphatic rings. The molecule has 0 unspecified atom stereocenters. The predicted molar refractivity (Wildman–Crippen MR) is 70.3 cm³/mol. The molecule has 2 rings (SSSR count). The van der Waals surface area contributed by atoms with E-state index in [2.05, 4.69) is 18.8 Å². The first-order chi connectivity index (χ1) is 8.04. The highest BCUT2D eigenvalue weighted by Gasteiger charge is 2.29. The summed E-state index contributed by atoms with van der Waals surface area (Å²) in [6.07, 6.45) is 5.55. The van der Waals surface area contributed by atoms with Crippen molar-refractivity contribution in [3.63, 3.8) is 0 Å². The van der Waals surface area contributed by atoms with Gasteiger partial charge in [0, 0.05) is 31.7 Å². The summed E-state index contributed by atoms with van der Waals surface area (Å²) in [5.41, 5.74) is 8.27. The number of fused-ring (bicyclic) bond motifs is 1. The minimum absolute atomic E-state index is 0.175. The number of hydrogen-bond donors (Lipinski definition) is 1. The van der Waals surface area contributed by atoms with E-state index in [-0.39, 0.29) is 5.41 Å². The number of hydrogen-bond acceptors (Lipinski definition) is 4. The summed E-state index contributed by atoms with van der Waals surface area (Å²) in [4.78, 5) is 11.2. The van der Waals surface area contributed by atoms with Crippen LogP contribution in [0, 0.1) is 0 Å². The lowest BCUT2D eigenvalue weighted by Gasteiger charge is -2.31. The summed E-state index contributed by atoms with van der Waals surface area (Å²) in [5.74, 6) is 0.796. The first kappa shape index (κ1) is 12.3. The predicted octanol–water partition coefficient (Wildman–Crippen LogP) is 1.49. The fourth-order valence-corrected chi connectivity index (χ4v) is 2.48. The second kappa shape index (κ2) is 4.61. The van der Waals surface area contributed by atoms with Crippen LogP contribution in [0.4, 0.5) is 5.95 Å². The van der Waals surface area contributed by atoms with E-state index in [9.17, 15) is 0 Å². The Hall–Kier alpha value is -1.16. The van der Waals surface area contributed by atoms with E-state index in [0.29, 0.717) is 6.54 Å². The first-order valence-corrected chi connectivity index (χ1v) is 6.32. The van der Waals surface area contributed by atoms with Crippen LogP contribution in [0.5, 0.6) is 0 Å². The lowest BCUT2D eigenvalue weighted by atomic mass is 9.76. The monoisotopic (exact) mass is 234 g/mol. The molecule has 0 atom stereocenters. The Balaban J connectivity index is 2.35. The van der Waals surface area contributed by atoms with Gasteiger partial charge in [0.05, 0.1) is 5.69 Å². The van der Waals surface area contributed by atoms with Crippen LogP contribution in [0.1, 0.15) is 37.9 Å². The Morgan fingerprint density at radius 1 is 1.47 bits per heavy atom. The molecule has 4 nitrogen and oxygen atoms in total. The number of aromatic nitrogens is 2. The topological polar surface area (TPSA) is 55.0 Å². The molecule has 0 fully saturated rings. The zero-order valence-electron chi connectivity index (χ0n) is 11.0. The molecule has 1 aliphatic carbocycles. The van der Waals surface area contributed by atoms with Gasteiger partial charge in [0.25, 0.3) is 0 Å². The average Bonchev–Trinajstić information content (AvgIpc) is 2.29. The smallest absolute Gasteiger partial charge is 0.225 e. The Morgan fingerprint density at radius 3 is 2.94 bits per heavy atom. The number of nitrogens with two attached hydrogens (primary N) is 1. The molecule has 0 bridgehead atoms. The van der Waals surface area contributed by atoms with Gasteiger partial charge in [-0.1, -0.05) is 13.8 Å². The van der Waals surface area contributed by atoms with Crippen LogP contribution in [0.15, 0.2) is 6.20 Å². The highest BCUT2D eigenvalue weighted by molar-refractivity contribution is 5.36. The van der Waals surface area contributed by atoms with Crippen molar-refractivity contribution in [3.8, 4) is 0 Å². The van der Waals surface area contributed by atoms with Crippen LogP contribution in [0.2, 0.25) is 0 Å². The van der Waals surface area contributed by atoms with E-state index in [4.69, 9.17) is 10.7 Å². The molecule has 1 aromatic rings. The third-order valence-electron chi connectivity index (χ3n) is 3.55. The van der Waals surface area contributed by atoms with Crippen LogP contribution in [-0.4, -0.2) is 30.1 Å². The van der Waals surface area contributed by atoms with Gasteiger partial charge < -0.3 is 10.6 Å². The summed E-state index contributed by atoms with van der Waals surface area (Å²) in [6.45, 7) is 5.95. The molecule has 0 saturated heterocycles. The Morgan fingerprint density at radius 2 is 2.24 bits per heavy atom. The second-order valence-corrected chi connectivity index (χ2v) is 5.49. The lowest BCUT2D eigenvalue weighted by molar-refractivity contribution is 0.416. The van der Waals surface area contributed by atoms with Gasteiger partial charge in [-0.15, -0.1) is 0 Å². The molecular weight excluding hydrogens is 212 g/mol. The number of nitrogens with zero attached hydrogens (tertiary/aromatic N) is 3. The number of anilines is 1. The molecule has 0 radical (unpaired) electrons. The van der Waals surface area contributed by atoms with Gasteiger partial charge in [0.15, 0.2) is 0 Å². The number of likely N-dealkylation sites (N-methyl/N-ethyl adjacent to an activating group) is 1. The van der Waals surface area contributed by atoms with Crippen LogP contribution in [-0.2, 0) is 11.8 Å². The summed E-state index contributed by atoms with van der Waals surface area (Å²) in [6, 6.07) is 0. The minimum Gasteiger partial charge on any atom is -0.343 e. The van der Waals surface area contributed by atoms with Crippen LogP contribution < -0.4 is 10.6 Å². The van der Waals surface area contributed by atoms with Crippen LogP contribution in [0.25, 0.3) is 0 Å². The summed E-state index contributed by atoms with van der Waals surface area (Å²) in [7, 11) is 1.99. The van der Waals surface area contributed by atoms with Crippen molar-refractivity contribution in [2.45, 2.75) is 38.5 Å². The van der Waals surface area contributed by atoms with E-state index in [1.807, 2.05) is 18.1 Å². The van der Waals surface area contributed by atoms with Gasteiger partial charge in [0.2, 0.25) is 5.95 Å². The van der Waals surface area contributed by atoms with Gasteiger partial charge >= 0.3 is 0 Å². The average molecular weight is 234 g/mol.